The summed E-state index contributed by atoms with van der Waals surface area (Å²) in [5.74, 6) is 3.59. The maximum absolute atomic E-state index is 14.0. The average molecular weight is 558 g/mol. The van der Waals surface area contributed by atoms with Gasteiger partial charge in [-0.15, -0.1) is 0 Å². The van der Waals surface area contributed by atoms with Crippen LogP contribution in [0.4, 0.5) is 20.3 Å². The highest BCUT2D eigenvalue weighted by Crippen LogP contribution is 2.31. The lowest BCUT2D eigenvalue weighted by molar-refractivity contribution is 0.0168. The monoisotopic (exact) mass is 557 g/mol. The Morgan fingerprint density at radius 3 is 2.56 bits per heavy atom. The molecule has 2 aromatic heterocycles. The fourth-order valence-electron chi connectivity index (χ4n) is 5.13. The van der Waals surface area contributed by atoms with Crippen molar-refractivity contribution >= 4 is 28.4 Å². The van der Waals surface area contributed by atoms with E-state index >= 15 is 0 Å². The van der Waals surface area contributed by atoms with Crippen molar-refractivity contribution in [3.05, 3.63) is 76.2 Å². The highest BCUT2D eigenvalue weighted by atomic mass is 19.3. The molecule has 1 fully saturated rings. The number of anilines is 2. The second kappa shape index (κ2) is 11.3. The zero-order chi connectivity index (χ0) is 29.3. The van der Waals surface area contributed by atoms with E-state index in [2.05, 4.69) is 39.1 Å². The Morgan fingerprint density at radius 2 is 1.83 bits per heavy atom. The van der Waals surface area contributed by atoms with Crippen LogP contribution in [-0.2, 0) is 12.5 Å². The zero-order valence-corrected chi connectivity index (χ0v) is 23.6. The van der Waals surface area contributed by atoms with Gasteiger partial charge in [0.25, 0.3) is 11.8 Å². The van der Waals surface area contributed by atoms with E-state index in [4.69, 9.17) is 10.8 Å². The molecule has 0 aliphatic carbocycles. The number of rotatable bonds is 5. The number of carbonyl (C=O) groups excluding carboxylic acids is 1. The number of nitrogens with two attached hydrogens (primary N) is 1. The number of nitrogens with zero attached hydrogens (tertiary/aromatic N) is 5. The van der Waals surface area contributed by atoms with Gasteiger partial charge < -0.3 is 16.0 Å². The molecule has 3 heterocycles. The number of carbonyl (C=O) groups is 1. The number of nitrogens with one attached hydrogen (secondary N) is 1. The van der Waals surface area contributed by atoms with E-state index in [1.54, 1.807) is 19.1 Å². The molecule has 0 saturated carbocycles. The Bertz CT molecular complexity index is 1670. The number of alkyl halides is 2. The maximum Gasteiger partial charge on any atom is 0.270 e. The third kappa shape index (κ3) is 6.20. The largest absolute Gasteiger partial charge is 0.383 e. The smallest absolute Gasteiger partial charge is 0.270 e. The first kappa shape index (κ1) is 28.2. The minimum absolute atomic E-state index is 0.150. The van der Waals surface area contributed by atoms with Crippen LogP contribution >= 0.6 is 0 Å². The number of amides is 1. The van der Waals surface area contributed by atoms with Crippen molar-refractivity contribution in [3.63, 3.8) is 0 Å². The average Bonchev–Trinajstić information content (AvgIpc) is 3.28. The van der Waals surface area contributed by atoms with Crippen molar-refractivity contribution in [2.75, 3.05) is 31.2 Å². The topological polar surface area (TPSA) is 102 Å². The molecule has 5 rings (SSSR count). The summed E-state index contributed by atoms with van der Waals surface area (Å²) in [7, 11) is 2.13. The molecule has 8 nitrogen and oxygen atoms in total. The Morgan fingerprint density at radius 1 is 1.10 bits per heavy atom. The number of aromatic nitrogens is 4. The predicted octanol–water partition coefficient (Wildman–Crippen LogP) is 5.13. The first-order valence-corrected chi connectivity index (χ1v) is 13.6. The van der Waals surface area contributed by atoms with Gasteiger partial charge in [0.1, 0.15) is 17.8 Å². The molecule has 1 aliphatic rings. The fourth-order valence-corrected chi connectivity index (χ4v) is 5.13. The summed E-state index contributed by atoms with van der Waals surface area (Å²) in [4.78, 5) is 23.9. The Labute approximate surface area is 238 Å². The van der Waals surface area contributed by atoms with Gasteiger partial charge in [0.15, 0.2) is 5.65 Å². The van der Waals surface area contributed by atoms with Gasteiger partial charge in [0, 0.05) is 35.8 Å². The van der Waals surface area contributed by atoms with E-state index in [-0.39, 0.29) is 11.1 Å². The lowest BCUT2D eigenvalue weighted by Crippen LogP contribution is -2.32. The number of hydrogen-bond acceptors (Lipinski definition) is 6. The molecule has 10 heteroatoms. The van der Waals surface area contributed by atoms with Gasteiger partial charge in [0.05, 0.1) is 5.39 Å². The van der Waals surface area contributed by atoms with Gasteiger partial charge in [-0.3, -0.25) is 4.79 Å². The van der Waals surface area contributed by atoms with Crippen LogP contribution in [0, 0.1) is 31.6 Å². The molecule has 212 valence electrons. The van der Waals surface area contributed by atoms with E-state index in [1.165, 1.54) is 24.5 Å². The Kier molecular flexibility index (Phi) is 7.74. The summed E-state index contributed by atoms with van der Waals surface area (Å²) in [6, 6.07) is 9.64. The molecule has 4 aromatic rings. The molecule has 1 saturated heterocycles. The molecule has 0 unspecified atom stereocenters. The van der Waals surface area contributed by atoms with Crippen LogP contribution in [0.25, 0.3) is 11.0 Å². The van der Waals surface area contributed by atoms with Gasteiger partial charge in [0.2, 0.25) is 0 Å². The highest BCUT2D eigenvalue weighted by Gasteiger charge is 2.27. The predicted molar refractivity (Wildman–Crippen MR) is 156 cm³/mol. The van der Waals surface area contributed by atoms with E-state index < -0.39 is 11.8 Å². The van der Waals surface area contributed by atoms with Gasteiger partial charge in [-0.05, 0) is 94.1 Å². The number of aryl methyl sites for hydroxylation is 2. The van der Waals surface area contributed by atoms with Crippen molar-refractivity contribution in [1.29, 1.82) is 0 Å². The normalized spacial score (nSPS) is 14.6. The summed E-state index contributed by atoms with van der Waals surface area (Å²) < 4.78 is 29.9. The molecule has 0 radical (unpaired) electrons. The summed E-state index contributed by atoms with van der Waals surface area (Å²) >= 11 is 0. The second-order valence-corrected chi connectivity index (χ2v) is 10.9. The first-order valence-electron chi connectivity index (χ1n) is 13.6. The van der Waals surface area contributed by atoms with Crippen LogP contribution in [-0.4, -0.2) is 50.7 Å². The standard InChI is InChI=1S/C31H33F2N7O/c1-19-6-9-24(37-30(41)23-7-5-20(2)25(16-23)31(3,32)33)15-22(19)8-10-26-27-28(34)35-18-36-29(27)40(38-26)17-21-11-13-39(4)14-12-21/h5-7,9,15-16,18,21H,11-14,17H2,1-4H3,(H,37,41)(H2,34,35,36). The van der Waals surface area contributed by atoms with Crippen molar-refractivity contribution in [2.24, 2.45) is 5.92 Å². The third-order valence-corrected chi connectivity index (χ3v) is 7.61. The molecule has 1 amide bonds. The summed E-state index contributed by atoms with van der Waals surface area (Å²) in [6.45, 7) is 7.17. The van der Waals surface area contributed by atoms with Crippen LogP contribution in [0.2, 0.25) is 0 Å². The van der Waals surface area contributed by atoms with Crippen molar-refractivity contribution in [2.45, 2.75) is 46.1 Å². The number of likely N-dealkylation sites (tertiary alicyclic amines) is 1. The molecular weight excluding hydrogens is 524 g/mol. The van der Waals surface area contributed by atoms with E-state index in [0.717, 1.165) is 45.0 Å². The van der Waals surface area contributed by atoms with Crippen LogP contribution in [0.1, 0.15) is 58.1 Å². The lowest BCUT2D eigenvalue weighted by atomic mass is 9.97. The fraction of sp³-hybridized carbons (Fsp3) is 0.355. The SMILES string of the molecule is Cc1ccc(NC(=O)c2ccc(C)c(C(C)(F)F)c2)cc1C#Cc1nn(CC2CCN(C)CC2)c2ncnc(N)c12. The van der Waals surface area contributed by atoms with E-state index in [0.29, 0.717) is 45.3 Å². The molecule has 1 aliphatic heterocycles. The Hall–Kier alpha value is -4.36. The minimum Gasteiger partial charge on any atom is -0.383 e. The highest BCUT2D eigenvalue weighted by molar-refractivity contribution is 6.04. The van der Waals surface area contributed by atoms with Crippen LogP contribution in [0.5, 0.6) is 0 Å². The number of fused-ring (bicyclic) bond motifs is 1. The zero-order valence-electron chi connectivity index (χ0n) is 23.6. The lowest BCUT2D eigenvalue weighted by Gasteiger charge is -2.28. The van der Waals surface area contributed by atoms with E-state index in [9.17, 15) is 13.6 Å². The minimum atomic E-state index is -3.05. The molecule has 0 spiro atoms. The van der Waals surface area contributed by atoms with Gasteiger partial charge in [-0.25, -0.2) is 23.4 Å². The van der Waals surface area contributed by atoms with Crippen molar-refractivity contribution < 1.29 is 13.6 Å². The number of piperidine rings is 1. The van der Waals surface area contributed by atoms with Gasteiger partial charge >= 0.3 is 0 Å². The number of benzene rings is 2. The number of nitrogen functional groups attached to an aromatic ring is 1. The van der Waals surface area contributed by atoms with Gasteiger partial charge in [-0.2, -0.15) is 5.10 Å². The Balaban J connectivity index is 1.41. The van der Waals surface area contributed by atoms with E-state index in [1.807, 2.05) is 17.7 Å². The quantitative estimate of drug-likeness (QED) is 0.330. The summed E-state index contributed by atoms with van der Waals surface area (Å²) in [5, 5.41) is 8.19. The summed E-state index contributed by atoms with van der Waals surface area (Å²) in [5.41, 5.74) is 9.86. The van der Waals surface area contributed by atoms with Gasteiger partial charge in [-0.1, -0.05) is 18.1 Å². The molecule has 2 aromatic carbocycles. The maximum atomic E-state index is 14.0. The molecule has 0 atom stereocenters. The second-order valence-electron chi connectivity index (χ2n) is 10.9. The van der Waals surface area contributed by atoms with Crippen molar-refractivity contribution in [3.8, 4) is 11.8 Å². The molecule has 3 N–H and O–H groups in total. The third-order valence-electron chi connectivity index (χ3n) is 7.61. The van der Waals surface area contributed by atoms with Crippen LogP contribution in [0.15, 0.2) is 42.7 Å². The van der Waals surface area contributed by atoms with Crippen LogP contribution < -0.4 is 11.1 Å². The van der Waals surface area contributed by atoms with Crippen molar-refractivity contribution in [1.82, 2.24) is 24.6 Å². The molecule has 0 bridgehead atoms. The number of halogens is 2. The molecule has 41 heavy (non-hydrogen) atoms. The summed E-state index contributed by atoms with van der Waals surface area (Å²) in [6.07, 6.45) is 3.61. The number of hydrogen-bond donors (Lipinski definition) is 2. The van der Waals surface area contributed by atoms with Crippen LogP contribution in [0.3, 0.4) is 0 Å². The first-order chi connectivity index (χ1) is 19.5. The molecular formula is C31H33F2N7O.